The highest BCUT2D eigenvalue weighted by molar-refractivity contribution is 5.64. The van der Waals surface area contributed by atoms with Crippen molar-refractivity contribution in [1.82, 2.24) is 0 Å². The van der Waals surface area contributed by atoms with E-state index >= 15 is 0 Å². The minimum absolute atomic E-state index is 0. The van der Waals surface area contributed by atoms with Crippen molar-refractivity contribution in [3.05, 3.63) is 0 Å². The SMILES string of the molecule is CCCCCCCCCCCC(=O)[O-].CCCCCCCCCCCC(=O)[O-].[OH3+].[OH3+]. The predicted octanol–water partition coefficient (Wildman–Crippen LogP) is 3.47. The second-order valence-electron chi connectivity index (χ2n) is 7.90. The molecule has 0 spiro atoms. The summed E-state index contributed by atoms with van der Waals surface area (Å²) in [4.78, 5) is 20.2. The molecule has 0 fully saturated rings. The van der Waals surface area contributed by atoms with Crippen LogP contribution in [0.3, 0.4) is 0 Å². The topological polar surface area (TPSA) is 146 Å². The Balaban J connectivity index is -0.000000211. The third-order valence-corrected chi connectivity index (χ3v) is 4.97. The molecule has 0 heterocycles. The minimum Gasteiger partial charge on any atom is -0.550 e. The Bertz CT molecular complexity index is 302. The molecule has 0 radical (unpaired) electrons. The largest absolute Gasteiger partial charge is 0.550 e. The van der Waals surface area contributed by atoms with Crippen LogP contribution < -0.4 is 10.2 Å². The van der Waals surface area contributed by atoms with Crippen LogP contribution in [0.4, 0.5) is 0 Å². The van der Waals surface area contributed by atoms with Crippen LogP contribution >= 0.6 is 0 Å². The van der Waals surface area contributed by atoms with Crippen molar-refractivity contribution in [2.45, 2.75) is 142 Å². The number of aliphatic carboxylic acids is 2. The lowest BCUT2D eigenvalue weighted by molar-refractivity contribution is -0.307. The van der Waals surface area contributed by atoms with Gasteiger partial charge in [-0.2, -0.15) is 0 Å². The normalized spacial score (nSPS) is 9.67. The second-order valence-corrected chi connectivity index (χ2v) is 7.90. The van der Waals surface area contributed by atoms with E-state index in [0.29, 0.717) is 0 Å². The number of carbonyl (C=O) groups excluding carboxylic acids is 2. The first-order valence-electron chi connectivity index (χ1n) is 11.9. The fourth-order valence-electron chi connectivity index (χ4n) is 3.16. The summed E-state index contributed by atoms with van der Waals surface area (Å²) < 4.78 is 0. The molecule has 30 heavy (non-hydrogen) atoms. The Labute approximate surface area is 185 Å². The highest BCUT2D eigenvalue weighted by atomic mass is 16.4. The maximum atomic E-state index is 10.1. The molecule has 0 atom stereocenters. The van der Waals surface area contributed by atoms with Gasteiger partial charge in [0.25, 0.3) is 0 Å². The smallest absolute Gasteiger partial charge is 0.0414 e. The van der Waals surface area contributed by atoms with Gasteiger partial charge in [0.05, 0.1) is 0 Å². The zero-order valence-corrected chi connectivity index (χ0v) is 19.9. The fourth-order valence-corrected chi connectivity index (χ4v) is 3.16. The van der Waals surface area contributed by atoms with Crippen LogP contribution in [0, 0.1) is 0 Å². The van der Waals surface area contributed by atoms with Crippen molar-refractivity contribution in [3.63, 3.8) is 0 Å². The van der Waals surface area contributed by atoms with E-state index in [2.05, 4.69) is 13.8 Å². The summed E-state index contributed by atoms with van der Waals surface area (Å²) in [6.07, 6.45) is 22.3. The van der Waals surface area contributed by atoms with Crippen molar-refractivity contribution in [1.29, 1.82) is 0 Å². The standard InChI is InChI=1S/2C12H24O2.2H2O/c2*1-2-3-4-5-6-7-8-9-10-11-12(13)14;;/h2*2-11H2,1H3,(H,13,14);2*1H2. The molecule has 0 aliphatic heterocycles. The van der Waals surface area contributed by atoms with Crippen LogP contribution in [0.25, 0.3) is 0 Å². The highest BCUT2D eigenvalue weighted by Gasteiger charge is 1.93. The van der Waals surface area contributed by atoms with E-state index in [9.17, 15) is 19.8 Å². The van der Waals surface area contributed by atoms with E-state index in [1.807, 2.05) is 0 Å². The molecule has 6 nitrogen and oxygen atoms in total. The first-order valence-corrected chi connectivity index (χ1v) is 11.9. The zero-order chi connectivity index (χ0) is 21.3. The van der Waals surface area contributed by atoms with Gasteiger partial charge < -0.3 is 30.8 Å². The molecule has 0 saturated heterocycles. The van der Waals surface area contributed by atoms with Gasteiger partial charge >= 0.3 is 0 Å². The summed E-state index contributed by atoms with van der Waals surface area (Å²) in [6.45, 7) is 4.44. The number of rotatable bonds is 20. The van der Waals surface area contributed by atoms with Gasteiger partial charge in [-0.05, 0) is 25.7 Å². The molecular weight excluding hydrogens is 384 g/mol. The molecule has 0 aromatic rings. The summed E-state index contributed by atoms with van der Waals surface area (Å²) in [5.41, 5.74) is 0. The Morgan fingerprint density at radius 1 is 0.433 bits per heavy atom. The van der Waals surface area contributed by atoms with Crippen LogP contribution in [0.2, 0.25) is 0 Å². The van der Waals surface area contributed by atoms with E-state index in [1.54, 1.807) is 0 Å². The molecule has 0 aliphatic carbocycles. The molecule has 0 amide bonds. The second kappa shape index (κ2) is 32.5. The zero-order valence-electron chi connectivity index (χ0n) is 19.9. The minimum atomic E-state index is -0.909. The fraction of sp³-hybridized carbons (Fsp3) is 0.917. The molecule has 6 N–H and O–H groups in total. The third kappa shape index (κ3) is 41.3. The van der Waals surface area contributed by atoms with E-state index in [1.165, 1.54) is 89.9 Å². The molecule has 0 aromatic heterocycles. The molecular formula is C24H52O6. The Kier molecular flexibility index (Phi) is 39.3. The van der Waals surface area contributed by atoms with Crippen LogP contribution in [0.5, 0.6) is 0 Å². The number of hydrogen-bond acceptors (Lipinski definition) is 4. The lowest BCUT2D eigenvalue weighted by atomic mass is 10.1. The summed E-state index contributed by atoms with van der Waals surface area (Å²) in [5, 5.41) is 20.2. The van der Waals surface area contributed by atoms with Crippen LogP contribution in [-0.2, 0) is 20.5 Å². The molecule has 0 aliphatic rings. The first-order chi connectivity index (χ1) is 13.5. The van der Waals surface area contributed by atoms with Crippen LogP contribution in [-0.4, -0.2) is 11.9 Å². The quantitative estimate of drug-likeness (QED) is 0.212. The van der Waals surface area contributed by atoms with Gasteiger partial charge in [0.15, 0.2) is 0 Å². The van der Waals surface area contributed by atoms with Gasteiger partial charge in [0, 0.05) is 11.9 Å². The van der Waals surface area contributed by atoms with E-state index in [-0.39, 0.29) is 23.8 Å². The van der Waals surface area contributed by atoms with Gasteiger partial charge in [0.2, 0.25) is 0 Å². The van der Waals surface area contributed by atoms with Crippen molar-refractivity contribution < 1.29 is 30.8 Å². The number of carboxylic acid groups (broad SMARTS) is 2. The maximum absolute atomic E-state index is 10.1. The Morgan fingerprint density at radius 2 is 0.633 bits per heavy atom. The summed E-state index contributed by atoms with van der Waals surface area (Å²) in [7, 11) is 0. The number of carboxylic acids is 2. The third-order valence-electron chi connectivity index (χ3n) is 4.97. The lowest BCUT2D eigenvalue weighted by Gasteiger charge is -2.02. The van der Waals surface area contributed by atoms with Crippen molar-refractivity contribution in [3.8, 4) is 0 Å². The average molecular weight is 437 g/mol. The van der Waals surface area contributed by atoms with Gasteiger partial charge in [-0.3, -0.25) is 0 Å². The van der Waals surface area contributed by atoms with Gasteiger partial charge in [-0.1, -0.05) is 117 Å². The van der Waals surface area contributed by atoms with Crippen molar-refractivity contribution >= 4 is 11.9 Å². The van der Waals surface area contributed by atoms with Gasteiger partial charge in [-0.25, -0.2) is 0 Å². The first kappa shape index (κ1) is 36.2. The van der Waals surface area contributed by atoms with E-state index < -0.39 is 11.9 Å². The monoisotopic (exact) mass is 436 g/mol. The molecule has 0 bridgehead atoms. The van der Waals surface area contributed by atoms with Crippen molar-refractivity contribution in [2.75, 3.05) is 0 Å². The predicted molar refractivity (Wildman–Crippen MR) is 123 cm³/mol. The van der Waals surface area contributed by atoms with E-state index in [0.717, 1.165) is 25.7 Å². The summed E-state index contributed by atoms with van der Waals surface area (Å²) >= 11 is 0. The number of hydrogen-bond donors (Lipinski definition) is 0. The van der Waals surface area contributed by atoms with Gasteiger partial charge in [-0.15, -0.1) is 0 Å². The van der Waals surface area contributed by atoms with Crippen molar-refractivity contribution in [2.24, 2.45) is 0 Å². The number of carbonyl (C=O) groups is 2. The van der Waals surface area contributed by atoms with Crippen LogP contribution in [0.1, 0.15) is 142 Å². The van der Waals surface area contributed by atoms with Crippen LogP contribution in [0.15, 0.2) is 0 Å². The summed E-state index contributed by atoms with van der Waals surface area (Å²) in [5.74, 6) is -1.82. The Hall–Kier alpha value is -1.14. The highest BCUT2D eigenvalue weighted by Crippen LogP contribution is 2.11. The molecule has 0 saturated carbocycles. The molecule has 0 rings (SSSR count). The molecule has 6 heteroatoms. The van der Waals surface area contributed by atoms with E-state index in [4.69, 9.17) is 0 Å². The average Bonchev–Trinajstić information content (AvgIpc) is 2.65. The molecule has 184 valence electrons. The number of unbranched alkanes of at least 4 members (excludes halogenated alkanes) is 16. The Morgan fingerprint density at radius 3 is 0.833 bits per heavy atom. The van der Waals surface area contributed by atoms with Gasteiger partial charge in [0.1, 0.15) is 0 Å². The molecule has 0 aromatic carbocycles. The molecule has 0 unspecified atom stereocenters. The maximum Gasteiger partial charge on any atom is 0.0414 e. The lowest BCUT2D eigenvalue weighted by Crippen LogP contribution is -2.21. The summed E-state index contributed by atoms with van der Waals surface area (Å²) in [6, 6.07) is 0.